The van der Waals surface area contributed by atoms with Gasteiger partial charge in [-0.1, -0.05) is 15.9 Å². The lowest BCUT2D eigenvalue weighted by atomic mass is 10.0. The van der Waals surface area contributed by atoms with Crippen LogP contribution in [0.4, 0.5) is 0 Å². The van der Waals surface area contributed by atoms with E-state index < -0.39 is 0 Å². The molecule has 1 N–H and O–H groups in total. The first-order chi connectivity index (χ1) is 10.1. The summed E-state index contributed by atoms with van der Waals surface area (Å²) in [6.45, 7) is 5.71. The zero-order valence-corrected chi connectivity index (χ0v) is 14.7. The van der Waals surface area contributed by atoms with Crippen LogP contribution in [0.25, 0.3) is 11.0 Å². The van der Waals surface area contributed by atoms with Crippen molar-refractivity contribution >= 4 is 45.2 Å². The first kappa shape index (κ1) is 15.8. The van der Waals surface area contributed by atoms with Crippen LogP contribution in [0, 0.1) is 18.8 Å². The van der Waals surface area contributed by atoms with Crippen molar-refractivity contribution in [2.24, 2.45) is 11.8 Å². The number of nitrogens with zero attached hydrogens (tertiary/aromatic N) is 1. The minimum Gasteiger partial charge on any atom is -0.451 e. The van der Waals surface area contributed by atoms with Crippen LogP contribution in [0.15, 0.2) is 27.1 Å². The van der Waals surface area contributed by atoms with Crippen LogP contribution < -0.4 is 5.32 Å². The Morgan fingerprint density at radius 2 is 2.00 bits per heavy atom. The average molecular weight is 386 g/mol. The summed E-state index contributed by atoms with van der Waals surface area (Å²) in [5, 5.41) is 4.40. The molecule has 1 aromatic carbocycles. The van der Waals surface area contributed by atoms with Crippen LogP contribution in [-0.4, -0.2) is 37.0 Å². The van der Waals surface area contributed by atoms with Gasteiger partial charge in [0.2, 0.25) is 0 Å². The van der Waals surface area contributed by atoms with Crippen molar-refractivity contribution in [3.63, 3.8) is 0 Å². The van der Waals surface area contributed by atoms with E-state index >= 15 is 0 Å². The van der Waals surface area contributed by atoms with E-state index in [2.05, 4.69) is 21.2 Å². The number of hydrogen-bond acceptors (Lipinski definition) is 3. The Labute approximate surface area is 143 Å². The maximum Gasteiger partial charge on any atom is 0.289 e. The summed E-state index contributed by atoms with van der Waals surface area (Å²) in [6.07, 6.45) is 0. The number of rotatable bonds is 1. The second kappa shape index (κ2) is 5.87. The van der Waals surface area contributed by atoms with E-state index in [1.807, 2.05) is 30.0 Å². The van der Waals surface area contributed by atoms with Crippen LogP contribution in [0.2, 0.25) is 0 Å². The molecule has 6 heteroatoms. The standard InChI is InChI=1S/C16H17BrN2O2.ClH/c1-9-13-4-12(17)2-3-14(13)21-15(9)16(20)19-7-10-5-18-6-11(10)8-19;/h2-4,10-11,18H,5-8H2,1H3;1H/t10-,11+;. The highest BCUT2D eigenvalue weighted by Crippen LogP contribution is 2.32. The third-order valence-electron chi connectivity index (χ3n) is 4.77. The predicted molar refractivity (Wildman–Crippen MR) is 91.7 cm³/mol. The smallest absolute Gasteiger partial charge is 0.289 e. The molecule has 2 saturated heterocycles. The molecule has 1 aromatic heterocycles. The van der Waals surface area contributed by atoms with Gasteiger partial charge in [0, 0.05) is 41.6 Å². The number of aryl methyl sites for hydroxylation is 1. The van der Waals surface area contributed by atoms with Gasteiger partial charge in [-0.25, -0.2) is 0 Å². The molecule has 2 aliphatic rings. The number of nitrogens with one attached hydrogen (secondary N) is 1. The van der Waals surface area contributed by atoms with Gasteiger partial charge >= 0.3 is 0 Å². The Morgan fingerprint density at radius 1 is 1.32 bits per heavy atom. The lowest BCUT2D eigenvalue weighted by Crippen LogP contribution is -2.31. The molecule has 2 atom stereocenters. The van der Waals surface area contributed by atoms with E-state index in [4.69, 9.17) is 4.42 Å². The summed E-state index contributed by atoms with van der Waals surface area (Å²) in [4.78, 5) is 14.7. The second-order valence-electron chi connectivity index (χ2n) is 6.09. The van der Waals surface area contributed by atoms with Gasteiger partial charge < -0.3 is 14.6 Å². The monoisotopic (exact) mass is 384 g/mol. The molecule has 4 nitrogen and oxygen atoms in total. The van der Waals surface area contributed by atoms with E-state index in [0.717, 1.165) is 47.2 Å². The van der Waals surface area contributed by atoms with E-state index in [9.17, 15) is 4.79 Å². The first-order valence-corrected chi connectivity index (χ1v) is 8.11. The summed E-state index contributed by atoms with van der Waals surface area (Å²) >= 11 is 3.47. The number of fused-ring (bicyclic) bond motifs is 2. The number of hydrogen-bond donors (Lipinski definition) is 1. The van der Waals surface area contributed by atoms with Crippen LogP contribution in [0.5, 0.6) is 0 Å². The van der Waals surface area contributed by atoms with Crippen molar-refractivity contribution in [2.75, 3.05) is 26.2 Å². The second-order valence-corrected chi connectivity index (χ2v) is 7.00. The third-order valence-corrected chi connectivity index (χ3v) is 5.26. The molecule has 2 fully saturated rings. The molecular weight excluding hydrogens is 368 g/mol. The van der Waals surface area contributed by atoms with Crippen molar-refractivity contribution in [3.05, 3.63) is 34.0 Å². The fourth-order valence-corrected chi connectivity index (χ4v) is 3.92. The zero-order chi connectivity index (χ0) is 14.6. The molecule has 3 heterocycles. The normalized spacial score (nSPS) is 23.6. The van der Waals surface area contributed by atoms with Gasteiger partial charge in [-0.2, -0.15) is 0 Å². The lowest BCUT2D eigenvalue weighted by Gasteiger charge is -2.16. The summed E-state index contributed by atoms with van der Waals surface area (Å²) in [6, 6.07) is 5.85. The van der Waals surface area contributed by atoms with E-state index in [0.29, 0.717) is 17.6 Å². The predicted octanol–water partition coefficient (Wildman–Crippen LogP) is 3.22. The molecule has 0 unspecified atom stereocenters. The Hall–Kier alpha value is -1.04. The Bertz CT molecular complexity index is 718. The van der Waals surface area contributed by atoms with E-state index in [-0.39, 0.29) is 18.3 Å². The number of halogens is 2. The highest BCUT2D eigenvalue weighted by atomic mass is 79.9. The van der Waals surface area contributed by atoms with Crippen LogP contribution in [0.1, 0.15) is 16.1 Å². The van der Waals surface area contributed by atoms with Gasteiger partial charge in [0.25, 0.3) is 5.91 Å². The topological polar surface area (TPSA) is 45.5 Å². The fourth-order valence-electron chi connectivity index (χ4n) is 3.56. The van der Waals surface area contributed by atoms with E-state index in [1.54, 1.807) is 0 Å². The average Bonchev–Trinajstić information content (AvgIpc) is 3.12. The number of carbonyl (C=O) groups is 1. The molecule has 0 spiro atoms. The number of furan rings is 1. The van der Waals surface area contributed by atoms with Crippen molar-refractivity contribution in [2.45, 2.75) is 6.92 Å². The molecular formula is C16H18BrClN2O2. The van der Waals surface area contributed by atoms with Gasteiger partial charge in [-0.15, -0.1) is 12.4 Å². The number of carbonyl (C=O) groups excluding carboxylic acids is 1. The minimum atomic E-state index is 0. The molecule has 0 bridgehead atoms. The van der Waals surface area contributed by atoms with Crippen molar-refractivity contribution in [1.29, 1.82) is 0 Å². The summed E-state index contributed by atoms with van der Waals surface area (Å²) in [5.74, 6) is 1.74. The Balaban J connectivity index is 0.00000144. The summed E-state index contributed by atoms with van der Waals surface area (Å²) in [5.41, 5.74) is 1.71. The molecule has 118 valence electrons. The molecule has 0 radical (unpaired) electrons. The highest BCUT2D eigenvalue weighted by molar-refractivity contribution is 9.10. The Kier molecular flexibility index (Phi) is 4.23. The third kappa shape index (κ3) is 2.45. The molecule has 1 amide bonds. The molecule has 0 saturated carbocycles. The molecule has 2 aliphatic heterocycles. The number of likely N-dealkylation sites (tertiary alicyclic amines) is 1. The maximum absolute atomic E-state index is 12.8. The van der Waals surface area contributed by atoms with Crippen LogP contribution in [0.3, 0.4) is 0 Å². The van der Waals surface area contributed by atoms with E-state index in [1.165, 1.54) is 0 Å². The van der Waals surface area contributed by atoms with Crippen molar-refractivity contribution in [1.82, 2.24) is 10.2 Å². The highest BCUT2D eigenvalue weighted by Gasteiger charge is 2.39. The zero-order valence-electron chi connectivity index (χ0n) is 12.3. The molecule has 22 heavy (non-hydrogen) atoms. The van der Waals surface area contributed by atoms with Gasteiger partial charge in [0.15, 0.2) is 5.76 Å². The largest absolute Gasteiger partial charge is 0.451 e. The molecule has 4 rings (SSSR count). The SMILES string of the molecule is Cc1c(C(=O)N2C[C@H]3CNC[C@H]3C2)oc2ccc(Br)cc12.Cl. The van der Waals surface area contributed by atoms with Gasteiger partial charge in [0.05, 0.1) is 0 Å². The van der Waals surface area contributed by atoms with Gasteiger partial charge in [-0.3, -0.25) is 4.79 Å². The molecule has 0 aliphatic carbocycles. The summed E-state index contributed by atoms with van der Waals surface area (Å²) < 4.78 is 6.82. The minimum absolute atomic E-state index is 0. The van der Waals surface area contributed by atoms with Gasteiger partial charge in [0.1, 0.15) is 5.58 Å². The van der Waals surface area contributed by atoms with Crippen molar-refractivity contribution in [3.8, 4) is 0 Å². The van der Waals surface area contributed by atoms with Crippen LogP contribution >= 0.6 is 28.3 Å². The maximum atomic E-state index is 12.8. The Morgan fingerprint density at radius 3 is 2.68 bits per heavy atom. The first-order valence-electron chi connectivity index (χ1n) is 7.32. The molecule has 2 aromatic rings. The lowest BCUT2D eigenvalue weighted by molar-refractivity contribution is 0.0751. The van der Waals surface area contributed by atoms with Crippen molar-refractivity contribution < 1.29 is 9.21 Å². The van der Waals surface area contributed by atoms with Crippen LogP contribution in [-0.2, 0) is 0 Å². The fraction of sp³-hybridized carbons (Fsp3) is 0.438. The number of benzene rings is 1. The quantitative estimate of drug-likeness (QED) is 0.820. The number of amides is 1. The van der Waals surface area contributed by atoms with Gasteiger partial charge in [-0.05, 0) is 37.0 Å². The summed E-state index contributed by atoms with van der Waals surface area (Å²) in [7, 11) is 0.